The van der Waals surface area contributed by atoms with E-state index < -0.39 is 51.4 Å². The lowest BCUT2D eigenvalue weighted by Crippen LogP contribution is -2.70. The zero-order chi connectivity index (χ0) is 41.0. The van der Waals surface area contributed by atoms with Gasteiger partial charge in [0.2, 0.25) is 17.7 Å². The van der Waals surface area contributed by atoms with Crippen molar-refractivity contribution in [1.29, 1.82) is 0 Å². The summed E-state index contributed by atoms with van der Waals surface area (Å²) >= 11 is 0. The highest BCUT2D eigenvalue weighted by Gasteiger charge is 2.49. The van der Waals surface area contributed by atoms with Crippen LogP contribution >= 0.6 is 0 Å². The minimum atomic E-state index is -1.40. The van der Waals surface area contributed by atoms with Crippen LogP contribution in [0.25, 0.3) is 32.3 Å². The molecule has 0 aliphatic heterocycles. The van der Waals surface area contributed by atoms with E-state index in [4.69, 9.17) is 4.74 Å². The smallest absolute Gasteiger partial charge is 0.332 e. The van der Waals surface area contributed by atoms with Gasteiger partial charge in [0.15, 0.2) is 0 Å². The van der Waals surface area contributed by atoms with Crippen LogP contribution in [0.15, 0.2) is 54.6 Å². The Hall–Kier alpha value is -4.73. The van der Waals surface area contributed by atoms with Gasteiger partial charge in [-0.2, -0.15) is 0 Å². The highest BCUT2D eigenvalue weighted by atomic mass is 16.6. The third-order valence-electron chi connectivity index (χ3n) is 12.1. The van der Waals surface area contributed by atoms with Gasteiger partial charge in [0.1, 0.15) is 27.8 Å². The maximum atomic E-state index is 14.5. The Balaban J connectivity index is 1.64. The molecule has 0 aromatic heterocycles. The van der Waals surface area contributed by atoms with Crippen molar-refractivity contribution in [3.8, 4) is 0 Å². The van der Waals surface area contributed by atoms with Crippen LogP contribution in [0.3, 0.4) is 0 Å². The molecule has 0 atom stereocenters. The summed E-state index contributed by atoms with van der Waals surface area (Å²) in [5, 5.41) is 18.2. The summed E-state index contributed by atoms with van der Waals surface area (Å²) < 4.78 is 5.72. The molecule has 4 amide bonds. The van der Waals surface area contributed by atoms with Crippen LogP contribution in [0, 0.1) is 0 Å². The summed E-state index contributed by atoms with van der Waals surface area (Å²) in [5.74, 6) is -2.40. The monoisotopic (exact) mass is 754 g/mol. The van der Waals surface area contributed by atoms with Gasteiger partial charge in [-0.1, -0.05) is 104 Å². The van der Waals surface area contributed by atoms with Crippen molar-refractivity contribution in [3.63, 3.8) is 0 Å². The molecule has 0 saturated carbocycles. The topological polar surface area (TPSA) is 143 Å². The maximum absolute atomic E-state index is 14.5. The number of ether oxygens (including phenoxy) is 1. The molecule has 0 aliphatic carbocycles. The van der Waals surface area contributed by atoms with Gasteiger partial charge in [0, 0.05) is 5.56 Å². The SMILES string of the molecule is CCC(CC)(NC(=O)c1ccc2ccc3cccc4ccc1c2c34)C(=O)NC(CC)(CC)C(=O)NC(CC)(CC)C(=O)NC(CC)(CC)C(=O)OC(C)(C)C. The molecule has 0 bridgehead atoms. The molecule has 298 valence electrons. The van der Waals surface area contributed by atoms with Crippen molar-refractivity contribution >= 4 is 61.9 Å². The minimum absolute atomic E-state index is 0.227. The minimum Gasteiger partial charge on any atom is -0.458 e. The van der Waals surface area contributed by atoms with E-state index in [2.05, 4.69) is 45.5 Å². The first kappa shape index (κ1) is 43.0. The van der Waals surface area contributed by atoms with Gasteiger partial charge in [-0.05, 0) is 111 Å². The highest BCUT2D eigenvalue weighted by Crippen LogP contribution is 2.36. The summed E-state index contributed by atoms with van der Waals surface area (Å²) in [4.78, 5) is 71.0. The average molecular weight is 755 g/mol. The number of hydrogen-bond acceptors (Lipinski definition) is 6. The van der Waals surface area contributed by atoms with Crippen LogP contribution in [0.5, 0.6) is 0 Å². The molecule has 0 aliphatic rings. The number of nitrogens with one attached hydrogen (secondary N) is 4. The van der Waals surface area contributed by atoms with Crippen LogP contribution in [-0.4, -0.2) is 57.4 Å². The van der Waals surface area contributed by atoms with Gasteiger partial charge >= 0.3 is 5.97 Å². The summed E-state index contributed by atoms with van der Waals surface area (Å²) in [6, 6.07) is 18.0. The predicted octanol–water partition coefficient (Wildman–Crippen LogP) is 8.24. The van der Waals surface area contributed by atoms with Crippen LogP contribution in [0.4, 0.5) is 0 Å². The molecule has 10 heteroatoms. The predicted molar refractivity (Wildman–Crippen MR) is 221 cm³/mol. The molecule has 4 rings (SSSR count). The summed E-state index contributed by atoms with van der Waals surface area (Å²) in [6.45, 7) is 19.9. The van der Waals surface area contributed by atoms with E-state index in [0.717, 1.165) is 32.3 Å². The fourth-order valence-corrected chi connectivity index (χ4v) is 7.79. The molecule has 0 spiro atoms. The van der Waals surface area contributed by atoms with E-state index in [0.29, 0.717) is 18.4 Å². The molecule has 4 aromatic rings. The molecule has 0 heterocycles. The molecular weight excluding hydrogens is 693 g/mol. The van der Waals surface area contributed by atoms with Crippen molar-refractivity contribution in [2.45, 2.75) is 155 Å². The molecule has 4 N–H and O–H groups in total. The Labute approximate surface area is 326 Å². The van der Waals surface area contributed by atoms with Gasteiger partial charge in [0.25, 0.3) is 5.91 Å². The Morgan fingerprint density at radius 1 is 0.473 bits per heavy atom. The number of rotatable bonds is 17. The van der Waals surface area contributed by atoms with Crippen molar-refractivity contribution in [2.75, 3.05) is 0 Å². The van der Waals surface area contributed by atoms with Gasteiger partial charge in [-0.15, -0.1) is 0 Å². The molecule has 0 fully saturated rings. The quantitative estimate of drug-likeness (QED) is 0.0632. The van der Waals surface area contributed by atoms with Crippen LogP contribution in [0.1, 0.15) is 138 Å². The fraction of sp³-hybridized carbons (Fsp3) is 0.533. The second-order valence-electron chi connectivity index (χ2n) is 15.9. The lowest BCUT2D eigenvalue weighted by molar-refractivity contribution is -0.166. The van der Waals surface area contributed by atoms with Crippen molar-refractivity contribution in [2.24, 2.45) is 0 Å². The molecule has 0 unspecified atom stereocenters. The van der Waals surface area contributed by atoms with Gasteiger partial charge in [-0.3, -0.25) is 19.2 Å². The van der Waals surface area contributed by atoms with Gasteiger partial charge in [0.05, 0.1) is 0 Å². The van der Waals surface area contributed by atoms with E-state index in [9.17, 15) is 24.0 Å². The highest BCUT2D eigenvalue weighted by molar-refractivity contribution is 6.26. The molecule has 0 saturated heterocycles. The lowest BCUT2D eigenvalue weighted by atomic mass is 9.83. The fourth-order valence-electron chi connectivity index (χ4n) is 7.79. The zero-order valence-electron chi connectivity index (χ0n) is 34.8. The van der Waals surface area contributed by atoms with E-state index in [1.54, 1.807) is 26.8 Å². The van der Waals surface area contributed by atoms with E-state index in [1.165, 1.54) is 0 Å². The van der Waals surface area contributed by atoms with Crippen molar-refractivity contribution in [1.82, 2.24) is 21.3 Å². The Morgan fingerprint density at radius 3 is 1.25 bits per heavy atom. The first-order chi connectivity index (χ1) is 25.9. The molecule has 10 nitrogen and oxygen atoms in total. The van der Waals surface area contributed by atoms with Crippen LogP contribution in [0.2, 0.25) is 0 Å². The third kappa shape index (κ3) is 8.01. The lowest BCUT2D eigenvalue weighted by Gasteiger charge is -2.42. The van der Waals surface area contributed by atoms with Gasteiger partial charge < -0.3 is 26.0 Å². The molecular formula is C45H62N4O6. The largest absolute Gasteiger partial charge is 0.458 e. The third-order valence-corrected chi connectivity index (χ3v) is 12.1. The van der Waals surface area contributed by atoms with Crippen LogP contribution in [-0.2, 0) is 23.9 Å². The zero-order valence-corrected chi connectivity index (χ0v) is 34.8. The number of carbonyl (C=O) groups is 5. The summed E-state index contributed by atoms with van der Waals surface area (Å²) in [7, 11) is 0. The van der Waals surface area contributed by atoms with E-state index >= 15 is 0 Å². The number of carbonyl (C=O) groups excluding carboxylic acids is 5. The Bertz CT molecular complexity index is 2010. The first-order valence-corrected chi connectivity index (χ1v) is 20.1. The molecule has 4 aromatic carbocycles. The number of benzene rings is 4. The standard InChI is InChI=1S/C45H62N4O6/c1-12-42(13-2,46-36(50)33-28-26-31-24-23-29-21-20-22-30-25-27-32(33)35(31)34(29)30)37(51)47-43(14-3,15-4)38(52)48-44(16-5,17-6)39(53)49-45(18-7,19-8)40(54)55-41(9,10)11/h20-28H,12-19H2,1-11H3,(H,46,50)(H,47,51)(H,48,52)(H,49,53). The van der Waals surface area contributed by atoms with Gasteiger partial charge in [-0.25, -0.2) is 4.79 Å². The first-order valence-electron chi connectivity index (χ1n) is 20.1. The second kappa shape index (κ2) is 16.6. The second-order valence-corrected chi connectivity index (χ2v) is 15.9. The Morgan fingerprint density at radius 2 is 0.836 bits per heavy atom. The Kier molecular flexibility index (Phi) is 12.9. The molecule has 55 heavy (non-hydrogen) atoms. The van der Waals surface area contributed by atoms with E-state index in [1.807, 2.05) is 79.7 Å². The average Bonchev–Trinajstić information content (AvgIpc) is 3.18. The van der Waals surface area contributed by atoms with Crippen molar-refractivity contribution < 1.29 is 28.7 Å². The van der Waals surface area contributed by atoms with E-state index in [-0.39, 0.29) is 44.4 Å². The number of esters is 1. The summed E-state index contributed by atoms with van der Waals surface area (Å²) in [6.07, 6.45) is 2.06. The molecule has 0 radical (unpaired) electrons. The normalized spacial score (nSPS) is 12.9. The summed E-state index contributed by atoms with van der Waals surface area (Å²) in [5.41, 5.74) is -5.71. The van der Waals surface area contributed by atoms with Crippen LogP contribution < -0.4 is 21.3 Å². The number of amides is 4. The maximum Gasteiger partial charge on any atom is 0.332 e. The number of hydrogen-bond donors (Lipinski definition) is 4. The van der Waals surface area contributed by atoms with Crippen molar-refractivity contribution in [3.05, 3.63) is 60.2 Å².